The van der Waals surface area contributed by atoms with Gasteiger partial charge in [0.25, 0.3) is 0 Å². The first-order chi connectivity index (χ1) is 11.5. The summed E-state index contributed by atoms with van der Waals surface area (Å²) in [5.41, 5.74) is 1.49. The van der Waals surface area contributed by atoms with Crippen LogP contribution in [0.1, 0.15) is 18.4 Å². The van der Waals surface area contributed by atoms with Gasteiger partial charge in [-0.3, -0.25) is 14.6 Å². The van der Waals surface area contributed by atoms with Crippen LogP contribution in [0.4, 0.5) is 5.69 Å². The Morgan fingerprint density at radius 2 is 2.04 bits per heavy atom. The van der Waals surface area contributed by atoms with E-state index in [1.165, 1.54) is 0 Å². The van der Waals surface area contributed by atoms with Crippen LogP contribution in [0, 0.1) is 18.8 Å². The molecule has 1 heterocycles. The summed E-state index contributed by atoms with van der Waals surface area (Å²) in [5.74, 6) is -0.857. The molecule has 24 heavy (non-hydrogen) atoms. The maximum Gasteiger partial charge on any atom is 0.307 e. The molecule has 1 saturated carbocycles. The van der Waals surface area contributed by atoms with Gasteiger partial charge in [0.1, 0.15) is 11.5 Å². The normalized spacial score (nSPS) is 19.2. The molecular formula is C18H18N2O4. The summed E-state index contributed by atoms with van der Waals surface area (Å²) in [4.78, 5) is 27.2. The maximum absolute atomic E-state index is 12.2. The Hall–Kier alpha value is -2.89. The minimum absolute atomic E-state index is 0.242. The lowest BCUT2D eigenvalue weighted by Crippen LogP contribution is -2.41. The molecule has 1 aromatic heterocycles. The van der Waals surface area contributed by atoms with Crippen molar-refractivity contribution in [2.24, 2.45) is 11.8 Å². The summed E-state index contributed by atoms with van der Waals surface area (Å²) in [5, 5.41) is 11.8. The molecule has 1 fully saturated rings. The van der Waals surface area contributed by atoms with Crippen LogP contribution in [0.25, 0.3) is 0 Å². The van der Waals surface area contributed by atoms with Crippen molar-refractivity contribution in [2.45, 2.75) is 19.8 Å². The number of carboxylic acids is 1. The van der Waals surface area contributed by atoms with E-state index < -0.39 is 17.8 Å². The number of rotatable bonds is 5. The van der Waals surface area contributed by atoms with Crippen LogP contribution in [0.15, 0.2) is 42.7 Å². The van der Waals surface area contributed by atoms with Gasteiger partial charge in [0.2, 0.25) is 5.91 Å². The molecule has 0 aliphatic heterocycles. The average molecular weight is 326 g/mol. The van der Waals surface area contributed by atoms with E-state index >= 15 is 0 Å². The second kappa shape index (κ2) is 6.70. The molecule has 1 aromatic carbocycles. The number of aliphatic carboxylic acids is 1. The molecule has 1 aliphatic carbocycles. The van der Waals surface area contributed by atoms with E-state index in [0.717, 1.165) is 5.56 Å². The quantitative estimate of drug-likeness (QED) is 0.880. The lowest BCUT2D eigenvalue weighted by molar-refractivity contribution is -0.151. The van der Waals surface area contributed by atoms with Gasteiger partial charge in [-0.25, -0.2) is 0 Å². The van der Waals surface area contributed by atoms with Gasteiger partial charge < -0.3 is 15.2 Å². The fourth-order valence-corrected chi connectivity index (χ4v) is 2.72. The molecule has 1 amide bonds. The van der Waals surface area contributed by atoms with Crippen LogP contribution in [0.5, 0.6) is 11.5 Å². The van der Waals surface area contributed by atoms with E-state index in [4.69, 9.17) is 9.84 Å². The van der Waals surface area contributed by atoms with Gasteiger partial charge in [0.05, 0.1) is 18.0 Å². The zero-order valence-electron chi connectivity index (χ0n) is 13.2. The van der Waals surface area contributed by atoms with Gasteiger partial charge in [-0.2, -0.15) is 0 Å². The number of anilines is 1. The first-order valence-corrected chi connectivity index (χ1v) is 7.77. The average Bonchev–Trinajstić information content (AvgIpc) is 2.49. The Morgan fingerprint density at radius 3 is 2.62 bits per heavy atom. The predicted molar refractivity (Wildman–Crippen MR) is 88.0 cm³/mol. The first-order valence-electron chi connectivity index (χ1n) is 7.77. The van der Waals surface area contributed by atoms with E-state index in [1.807, 2.05) is 13.0 Å². The van der Waals surface area contributed by atoms with Crippen LogP contribution in [0.2, 0.25) is 0 Å². The zero-order chi connectivity index (χ0) is 17.1. The molecule has 6 heteroatoms. The number of carbonyl (C=O) groups excluding carboxylic acids is 1. The molecule has 124 valence electrons. The van der Waals surface area contributed by atoms with Crippen LogP contribution >= 0.6 is 0 Å². The molecule has 0 saturated heterocycles. The summed E-state index contributed by atoms with van der Waals surface area (Å²) >= 11 is 0. The Balaban J connectivity index is 1.66. The number of amides is 1. The van der Waals surface area contributed by atoms with E-state index in [9.17, 15) is 9.59 Å². The van der Waals surface area contributed by atoms with Crippen molar-refractivity contribution in [2.75, 3.05) is 5.32 Å². The molecule has 0 bridgehead atoms. The minimum atomic E-state index is -0.905. The summed E-state index contributed by atoms with van der Waals surface area (Å²) in [6.07, 6.45) is 4.47. The summed E-state index contributed by atoms with van der Waals surface area (Å²) < 4.78 is 5.74. The fourth-order valence-electron chi connectivity index (χ4n) is 2.72. The van der Waals surface area contributed by atoms with Crippen LogP contribution < -0.4 is 10.1 Å². The standard InChI is InChI=1S/C18H18N2O4/c1-11-9-12(20-17(21)14-5-6-15(14)18(22)23)4-7-16(11)24-13-3-2-8-19-10-13/h2-4,7-10,14-15H,5-6H2,1H3,(H,20,21)(H,22,23). The molecule has 6 nitrogen and oxygen atoms in total. The fraction of sp³-hybridized carbons (Fsp3) is 0.278. The van der Waals surface area contributed by atoms with Gasteiger partial charge in [-0.05, 0) is 55.7 Å². The summed E-state index contributed by atoms with van der Waals surface area (Å²) in [6.45, 7) is 1.88. The van der Waals surface area contributed by atoms with Crippen molar-refractivity contribution in [3.63, 3.8) is 0 Å². The van der Waals surface area contributed by atoms with Gasteiger partial charge in [-0.15, -0.1) is 0 Å². The SMILES string of the molecule is Cc1cc(NC(=O)C2CCC2C(=O)O)ccc1Oc1cccnc1. The highest BCUT2D eigenvalue weighted by molar-refractivity contribution is 5.96. The number of hydrogen-bond acceptors (Lipinski definition) is 4. The lowest BCUT2D eigenvalue weighted by atomic mass is 9.73. The highest BCUT2D eigenvalue weighted by Crippen LogP contribution is 2.35. The van der Waals surface area contributed by atoms with Crippen molar-refractivity contribution in [3.05, 3.63) is 48.3 Å². The second-order valence-electron chi connectivity index (χ2n) is 5.89. The third kappa shape index (κ3) is 3.37. The Morgan fingerprint density at radius 1 is 1.25 bits per heavy atom. The molecule has 3 rings (SSSR count). The number of carboxylic acid groups (broad SMARTS) is 1. The number of pyridine rings is 1. The monoisotopic (exact) mass is 326 g/mol. The maximum atomic E-state index is 12.2. The van der Waals surface area contributed by atoms with Crippen molar-refractivity contribution >= 4 is 17.6 Å². The topological polar surface area (TPSA) is 88.5 Å². The minimum Gasteiger partial charge on any atom is -0.481 e. The number of nitrogens with one attached hydrogen (secondary N) is 1. The van der Waals surface area contributed by atoms with Crippen LogP contribution in [-0.4, -0.2) is 22.0 Å². The number of aryl methyl sites for hydroxylation is 1. The van der Waals surface area contributed by atoms with E-state index in [-0.39, 0.29) is 5.91 Å². The summed E-state index contributed by atoms with van der Waals surface area (Å²) in [7, 11) is 0. The molecule has 1 aliphatic rings. The number of benzene rings is 1. The molecule has 2 atom stereocenters. The largest absolute Gasteiger partial charge is 0.481 e. The number of ether oxygens (including phenoxy) is 1. The van der Waals surface area contributed by atoms with Crippen molar-refractivity contribution < 1.29 is 19.4 Å². The van der Waals surface area contributed by atoms with E-state index in [0.29, 0.717) is 30.0 Å². The van der Waals surface area contributed by atoms with Gasteiger partial charge in [0.15, 0.2) is 0 Å². The van der Waals surface area contributed by atoms with Crippen molar-refractivity contribution in [3.8, 4) is 11.5 Å². The zero-order valence-corrected chi connectivity index (χ0v) is 13.2. The number of carbonyl (C=O) groups is 2. The van der Waals surface area contributed by atoms with Crippen molar-refractivity contribution in [1.82, 2.24) is 4.98 Å². The van der Waals surface area contributed by atoms with Gasteiger partial charge >= 0.3 is 5.97 Å². The third-order valence-corrected chi connectivity index (χ3v) is 4.23. The molecular weight excluding hydrogens is 308 g/mol. The Kier molecular flexibility index (Phi) is 4.46. The van der Waals surface area contributed by atoms with Crippen molar-refractivity contribution in [1.29, 1.82) is 0 Å². The Bertz CT molecular complexity index is 761. The smallest absolute Gasteiger partial charge is 0.307 e. The molecule has 2 unspecified atom stereocenters. The first kappa shape index (κ1) is 16.0. The molecule has 2 N–H and O–H groups in total. The molecule has 2 aromatic rings. The van der Waals surface area contributed by atoms with E-state index in [1.54, 1.807) is 36.7 Å². The lowest BCUT2D eigenvalue weighted by Gasteiger charge is -2.31. The highest BCUT2D eigenvalue weighted by atomic mass is 16.5. The summed E-state index contributed by atoms with van der Waals surface area (Å²) in [6, 6.07) is 8.91. The van der Waals surface area contributed by atoms with Gasteiger partial charge in [-0.1, -0.05) is 0 Å². The number of hydrogen-bond donors (Lipinski definition) is 2. The second-order valence-corrected chi connectivity index (χ2v) is 5.89. The van der Waals surface area contributed by atoms with Crippen LogP contribution in [-0.2, 0) is 9.59 Å². The highest BCUT2D eigenvalue weighted by Gasteiger charge is 2.41. The van der Waals surface area contributed by atoms with Crippen LogP contribution in [0.3, 0.4) is 0 Å². The number of nitrogens with zero attached hydrogens (tertiary/aromatic N) is 1. The van der Waals surface area contributed by atoms with Gasteiger partial charge in [0, 0.05) is 11.9 Å². The van der Waals surface area contributed by atoms with E-state index in [2.05, 4.69) is 10.3 Å². The third-order valence-electron chi connectivity index (χ3n) is 4.23. The molecule has 0 spiro atoms. The number of aromatic nitrogens is 1. The predicted octanol–water partition coefficient (Wildman–Crippen LogP) is 3.23. The molecule has 0 radical (unpaired) electrons. The Labute approximate surface area is 139 Å².